The highest BCUT2D eigenvalue weighted by molar-refractivity contribution is 6.17. The average Bonchev–Trinajstić information content (AvgIpc) is 2.26. The van der Waals surface area contributed by atoms with E-state index in [9.17, 15) is 0 Å². The molecule has 2 heterocycles. The Bertz CT molecular complexity index is 449. The maximum Gasteiger partial charge on any atom is 0.149 e. The van der Waals surface area contributed by atoms with Gasteiger partial charge in [-0.1, -0.05) is 12.2 Å². The van der Waals surface area contributed by atoms with Gasteiger partial charge in [-0.25, -0.2) is 0 Å². The molecule has 3 aliphatic rings. The Morgan fingerprint density at radius 3 is 3.29 bits per heavy atom. The number of hydrogen-bond donors (Lipinski definition) is 1. The fourth-order valence-electron chi connectivity index (χ4n) is 1.88. The topological polar surface area (TPSA) is 36.8 Å². The molecule has 1 spiro atoms. The summed E-state index contributed by atoms with van der Waals surface area (Å²) in [6.07, 6.45) is 15.4. The van der Waals surface area contributed by atoms with Crippen LogP contribution < -0.4 is 5.32 Å². The molecule has 3 nitrogen and oxygen atoms in total. The lowest BCUT2D eigenvalue weighted by molar-refractivity contribution is 0.699. The molecule has 0 bridgehead atoms. The standard InChI is InChI=1S/C11H9N3/c1-2-9-8-12-5-4-11(9)10(3-1)13-6-7-14-11/h1-8,12H. The molecule has 0 radical (unpaired) electrons. The molecule has 0 aromatic rings. The van der Waals surface area contributed by atoms with E-state index >= 15 is 0 Å². The minimum atomic E-state index is -0.366. The largest absolute Gasteiger partial charge is 0.367 e. The van der Waals surface area contributed by atoms with Crippen LogP contribution in [0.4, 0.5) is 0 Å². The van der Waals surface area contributed by atoms with Gasteiger partial charge in [-0.3, -0.25) is 9.98 Å². The number of rotatable bonds is 0. The molecule has 2 aliphatic heterocycles. The van der Waals surface area contributed by atoms with Gasteiger partial charge in [0.05, 0.1) is 5.70 Å². The number of nitrogens with zero attached hydrogens (tertiary/aromatic N) is 2. The Morgan fingerprint density at radius 2 is 2.29 bits per heavy atom. The van der Waals surface area contributed by atoms with Crippen LogP contribution in [0.1, 0.15) is 0 Å². The van der Waals surface area contributed by atoms with Crippen molar-refractivity contribution in [1.82, 2.24) is 5.32 Å². The first-order valence-electron chi connectivity index (χ1n) is 4.53. The molecular weight excluding hydrogens is 174 g/mol. The van der Waals surface area contributed by atoms with Crippen LogP contribution in [0.3, 0.4) is 0 Å². The third-order valence-electron chi connectivity index (χ3n) is 2.58. The van der Waals surface area contributed by atoms with Crippen molar-refractivity contribution in [2.45, 2.75) is 5.54 Å². The number of nitrogens with one attached hydrogen (secondary N) is 1. The normalized spacial score (nSPS) is 31.4. The molecule has 0 amide bonds. The van der Waals surface area contributed by atoms with Gasteiger partial charge in [-0.2, -0.15) is 0 Å². The van der Waals surface area contributed by atoms with Gasteiger partial charge in [-0.05, 0) is 18.4 Å². The lowest BCUT2D eigenvalue weighted by atomic mass is 9.82. The van der Waals surface area contributed by atoms with E-state index in [1.165, 1.54) is 0 Å². The molecule has 1 aliphatic carbocycles. The monoisotopic (exact) mass is 183 g/mol. The van der Waals surface area contributed by atoms with Gasteiger partial charge in [0.1, 0.15) is 5.54 Å². The number of allylic oxidation sites excluding steroid dienone is 2. The molecular formula is C11H9N3. The van der Waals surface area contributed by atoms with Crippen LogP contribution in [-0.4, -0.2) is 18.0 Å². The zero-order valence-electron chi connectivity index (χ0n) is 7.51. The van der Waals surface area contributed by atoms with Crippen molar-refractivity contribution in [2.75, 3.05) is 0 Å². The Labute approximate surface area is 82.0 Å². The molecule has 1 atom stereocenters. The van der Waals surface area contributed by atoms with Crippen molar-refractivity contribution in [1.29, 1.82) is 0 Å². The first-order valence-corrected chi connectivity index (χ1v) is 4.53. The van der Waals surface area contributed by atoms with Crippen LogP contribution in [-0.2, 0) is 0 Å². The van der Waals surface area contributed by atoms with Crippen molar-refractivity contribution < 1.29 is 0 Å². The molecule has 68 valence electrons. The summed E-state index contributed by atoms with van der Waals surface area (Å²) in [7, 11) is 0. The highest BCUT2D eigenvalue weighted by Gasteiger charge is 2.37. The van der Waals surface area contributed by atoms with E-state index in [2.05, 4.69) is 21.4 Å². The van der Waals surface area contributed by atoms with Gasteiger partial charge in [0.25, 0.3) is 0 Å². The lowest BCUT2D eigenvalue weighted by Gasteiger charge is -2.33. The van der Waals surface area contributed by atoms with Gasteiger partial charge in [0, 0.05) is 24.2 Å². The van der Waals surface area contributed by atoms with Crippen LogP contribution in [0.2, 0.25) is 0 Å². The van der Waals surface area contributed by atoms with Gasteiger partial charge < -0.3 is 5.32 Å². The summed E-state index contributed by atoms with van der Waals surface area (Å²) in [6, 6.07) is 0. The first kappa shape index (κ1) is 7.50. The molecule has 1 unspecified atom stereocenters. The molecule has 3 rings (SSSR count). The van der Waals surface area contributed by atoms with Crippen molar-refractivity contribution in [3.63, 3.8) is 0 Å². The molecule has 0 saturated heterocycles. The maximum absolute atomic E-state index is 4.52. The van der Waals surface area contributed by atoms with E-state index in [4.69, 9.17) is 0 Å². The zero-order chi connectivity index (χ0) is 9.43. The molecule has 1 N–H and O–H groups in total. The first-order chi connectivity index (χ1) is 6.92. The van der Waals surface area contributed by atoms with E-state index in [1.807, 2.05) is 30.6 Å². The van der Waals surface area contributed by atoms with E-state index in [0.29, 0.717) is 0 Å². The Balaban J connectivity index is 2.24. The van der Waals surface area contributed by atoms with Gasteiger partial charge >= 0.3 is 0 Å². The van der Waals surface area contributed by atoms with Gasteiger partial charge in [0.15, 0.2) is 0 Å². The highest BCUT2D eigenvalue weighted by Crippen LogP contribution is 2.38. The smallest absolute Gasteiger partial charge is 0.149 e. The number of dihydropyridines is 1. The predicted molar refractivity (Wildman–Crippen MR) is 57.3 cm³/mol. The minimum absolute atomic E-state index is 0.366. The number of aliphatic imine (C=N–C) groups is 2. The summed E-state index contributed by atoms with van der Waals surface area (Å²) < 4.78 is 0. The molecule has 3 heteroatoms. The van der Waals surface area contributed by atoms with Crippen LogP contribution in [0, 0.1) is 0 Å². The molecule has 0 aromatic carbocycles. The van der Waals surface area contributed by atoms with Crippen molar-refractivity contribution in [3.8, 4) is 0 Å². The average molecular weight is 183 g/mol. The molecule has 0 fully saturated rings. The Hall–Kier alpha value is -1.90. The maximum atomic E-state index is 4.52. The SMILES string of the molecule is C1=CC2=CNC=CC23N=CC=NC3=C1. The highest BCUT2D eigenvalue weighted by atomic mass is 15.0. The molecule has 14 heavy (non-hydrogen) atoms. The minimum Gasteiger partial charge on any atom is -0.367 e. The van der Waals surface area contributed by atoms with E-state index in [-0.39, 0.29) is 5.54 Å². The lowest BCUT2D eigenvalue weighted by Crippen LogP contribution is -2.35. The zero-order valence-corrected chi connectivity index (χ0v) is 7.51. The van der Waals surface area contributed by atoms with Crippen molar-refractivity contribution in [3.05, 3.63) is 48.0 Å². The van der Waals surface area contributed by atoms with Gasteiger partial charge in [0.2, 0.25) is 0 Å². The summed E-state index contributed by atoms with van der Waals surface area (Å²) in [6.45, 7) is 0. The number of hydrogen-bond acceptors (Lipinski definition) is 3. The quantitative estimate of drug-likeness (QED) is 0.604. The van der Waals surface area contributed by atoms with Gasteiger partial charge in [-0.15, -0.1) is 0 Å². The second-order valence-corrected chi connectivity index (χ2v) is 3.33. The van der Waals surface area contributed by atoms with Crippen LogP contribution in [0.25, 0.3) is 0 Å². The van der Waals surface area contributed by atoms with E-state index in [0.717, 1.165) is 11.3 Å². The van der Waals surface area contributed by atoms with E-state index in [1.54, 1.807) is 12.4 Å². The second kappa shape index (κ2) is 2.54. The fraction of sp³-hybridized carbons (Fsp3) is 0.0909. The summed E-state index contributed by atoms with van der Waals surface area (Å²) in [4.78, 5) is 8.86. The second-order valence-electron chi connectivity index (χ2n) is 3.33. The summed E-state index contributed by atoms with van der Waals surface area (Å²) >= 11 is 0. The van der Waals surface area contributed by atoms with Crippen molar-refractivity contribution in [2.24, 2.45) is 9.98 Å². The molecule has 0 aromatic heterocycles. The fourth-order valence-corrected chi connectivity index (χ4v) is 1.88. The Kier molecular flexibility index (Phi) is 1.36. The predicted octanol–water partition coefficient (Wildman–Crippen LogP) is 1.33. The summed E-state index contributed by atoms with van der Waals surface area (Å²) in [5.74, 6) is 0. The Morgan fingerprint density at radius 1 is 1.29 bits per heavy atom. The molecule has 0 saturated carbocycles. The van der Waals surface area contributed by atoms with Crippen LogP contribution in [0.5, 0.6) is 0 Å². The third kappa shape index (κ3) is 0.812. The summed E-state index contributed by atoms with van der Waals surface area (Å²) in [5, 5.41) is 3.06. The van der Waals surface area contributed by atoms with Crippen molar-refractivity contribution >= 4 is 12.4 Å². The third-order valence-corrected chi connectivity index (χ3v) is 2.58. The van der Waals surface area contributed by atoms with Crippen LogP contribution in [0.15, 0.2) is 58.0 Å². The van der Waals surface area contributed by atoms with Crippen LogP contribution >= 0.6 is 0 Å². The summed E-state index contributed by atoms with van der Waals surface area (Å²) in [5.41, 5.74) is 1.74. The van der Waals surface area contributed by atoms with E-state index < -0.39 is 0 Å².